The first-order valence-electron chi connectivity index (χ1n) is 12.9. The molecule has 0 saturated carbocycles. The number of aryl methyl sites for hydroxylation is 2. The highest BCUT2D eigenvalue weighted by atomic mass is 16.2. The van der Waals surface area contributed by atoms with Gasteiger partial charge in [0.15, 0.2) is 5.82 Å². The second kappa shape index (κ2) is 10.9. The highest BCUT2D eigenvalue weighted by molar-refractivity contribution is 5.90. The zero-order valence-electron chi connectivity index (χ0n) is 21.4. The van der Waals surface area contributed by atoms with E-state index in [9.17, 15) is 9.59 Å². The van der Waals surface area contributed by atoms with E-state index in [4.69, 9.17) is 0 Å². The summed E-state index contributed by atoms with van der Waals surface area (Å²) in [5.74, 6) is 0.360. The summed E-state index contributed by atoms with van der Waals surface area (Å²) in [5, 5.41) is 7.37. The van der Waals surface area contributed by atoms with Crippen LogP contribution in [0.15, 0.2) is 65.7 Å². The molecule has 0 spiro atoms. The smallest absolute Gasteiger partial charge is 0.350 e. The van der Waals surface area contributed by atoms with Gasteiger partial charge in [-0.05, 0) is 49.1 Å². The molecule has 0 radical (unpaired) electrons. The van der Waals surface area contributed by atoms with Crippen molar-refractivity contribution in [3.63, 3.8) is 0 Å². The third-order valence-electron chi connectivity index (χ3n) is 6.87. The normalized spacial score (nSPS) is 13.8. The Labute approximate surface area is 216 Å². The third kappa shape index (κ3) is 5.35. The number of carbonyl (C=O) groups is 1. The van der Waals surface area contributed by atoms with Gasteiger partial charge in [-0.15, -0.1) is 5.10 Å². The van der Waals surface area contributed by atoms with E-state index in [-0.39, 0.29) is 18.1 Å². The Morgan fingerprint density at radius 2 is 1.73 bits per heavy atom. The van der Waals surface area contributed by atoms with Gasteiger partial charge in [0.1, 0.15) is 6.54 Å². The van der Waals surface area contributed by atoms with Crippen molar-refractivity contribution in [3.8, 4) is 0 Å². The summed E-state index contributed by atoms with van der Waals surface area (Å²) in [4.78, 5) is 34.8. The van der Waals surface area contributed by atoms with E-state index in [0.29, 0.717) is 17.2 Å². The SMILES string of the molecule is CCCCc1ccc(NC(=O)Cn2nc3c(N4CCN(c5ccccc5C)CC4)nccn3c2=O)cc1. The number of nitrogens with one attached hydrogen (secondary N) is 1. The fourth-order valence-electron chi connectivity index (χ4n) is 4.81. The number of para-hydroxylation sites is 1. The summed E-state index contributed by atoms with van der Waals surface area (Å²) in [6.45, 7) is 7.34. The molecule has 4 aromatic rings. The lowest BCUT2D eigenvalue weighted by Crippen LogP contribution is -2.47. The number of nitrogens with zero attached hydrogens (tertiary/aromatic N) is 6. The van der Waals surface area contributed by atoms with Crippen LogP contribution in [0.1, 0.15) is 30.9 Å². The molecule has 1 N–H and O–H groups in total. The fraction of sp³-hybridized carbons (Fsp3) is 0.357. The summed E-state index contributed by atoms with van der Waals surface area (Å²) >= 11 is 0. The Morgan fingerprint density at radius 3 is 2.46 bits per heavy atom. The van der Waals surface area contributed by atoms with E-state index in [1.165, 1.54) is 25.9 Å². The second-order valence-corrected chi connectivity index (χ2v) is 9.49. The lowest BCUT2D eigenvalue weighted by atomic mass is 10.1. The van der Waals surface area contributed by atoms with Gasteiger partial charge in [0.05, 0.1) is 0 Å². The largest absolute Gasteiger partial charge is 0.368 e. The van der Waals surface area contributed by atoms with Gasteiger partial charge in [0, 0.05) is 49.9 Å². The number of piperazine rings is 1. The molecule has 0 aliphatic carbocycles. The number of unbranched alkanes of at least 4 members (excludes halogenated alkanes) is 1. The van der Waals surface area contributed by atoms with Crippen molar-refractivity contribution in [2.24, 2.45) is 0 Å². The number of fused-ring (bicyclic) bond motifs is 1. The molecule has 1 amide bonds. The average Bonchev–Trinajstić information content (AvgIpc) is 3.23. The number of hydrogen-bond acceptors (Lipinski definition) is 6. The molecule has 2 aromatic carbocycles. The van der Waals surface area contributed by atoms with E-state index in [1.807, 2.05) is 24.3 Å². The molecule has 37 heavy (non-hydrogen) atoms. The van der Waals surface area contributed by atoms with Gasteiger partial charge in [-0.1, -0.05) is 43.7 Å². The van der Waals surface area contributed by atoms with Crippen molar-refractivity contribution in [3.05, 3.63) is 82.5 Å². The predicted octanol–water partition coefficient (Wildman–Crippen LogP) is 3.51. The van der Waals surface area contributed by atoms with Crippen LogP contribution >= 0.6 is 0 Å². The van der Waals surface area contributed by atoms with E-state index >= 15 is 0 Å². The Balaban J connectivity index is 1.28. The van der Waals surface area contributed by atoms with Gasteiger partial charge in [0.2, 0.25) is 11.6 Å². The van der Waals surface area contributed by atoms with Crippen LogP contribution in [0, 0.1) is 6.92 Å². The number of amides is 1. The minimum absolute atomic E-state index is 0.168. The van der Waals surface area contributed by atoms with Crippen LogP contribution in [-0.4, -0.2) is 51.3 Å². The van der Waals surface area contributed by atoms with Crippen molar-refractivity contribution in [2.45, 2.75) is 39.7 Å². The molecule has 1 fully saturated rings. The molecular weight excluding hydrogens is 466 g/mol. The molecule has 0 bridgehead atoms. The molecule has 1 aliphatic rings. The van der Waals surface area contributed by atoms with Gasteiger partial charge in [-0.3, -0.25) is 4.79 Å². The van der Waals surface area contributed by atoms with Crippen LogP contribution in [0.25, 0.3) is 5.65 Å². The molecule has 2 aromatic heterocycles. The average molecular weight is 500 g/mol. The first kappa shape index (κ1) is 24.5. The summed E-state index contributed by atoms with van der Waals surface area (Å²) in [5.41, 5.74) is 4.56. The molecule has 5 rings (SSSR count). The highest BCUT2D eigenvalue weighted by Gasteiger charge is 2.23. The molecule has 9 heteroatoms. The Morgan fingerprint density at radius 1 is 1.00 bits per heavy atom. The van der Waals surface area contributed by atoms with Crippen LogP contribution in [0.4, 0.5) is 17.2 Å². The summed E-state index contributed by atoms with van der Waals surface area (Å²) in [6, 6.07) is 16.2. The lowest BCUT2D eigenvalue weighted by molar-refractivity contribution is -0.117. The van der Waals surface area contributed by atoms with Gasteiger partial charge in [-0.25, -0.2) is 18.9 Å². The van der Waals surface area contributed by atoms with E-state index in [0.717, 1.165) is 45.4 Å². The van der Waals surface area contributed by atoms with E-state index in [1.54, 1.807) is 12.4 Å². The number of benzene rings is 2. The molecule has 9 nitrogen and oxygen atoms in total. The molecular formula is C28H33N7O2. The Bertz CT molecular complexity index is 1430. The van der Waals surface area contributed by atoms with Gasteiger partial charge >= 0.3 is 5.69 Å². The third-order valence-corrected chi connectivity index (χ3v) is 6.87. The van der Waals surface area contributed by atoms with E-state index in [2.05, 4.69) is 63.3 Å². The zero-order valence-corrected chi connectivity index (χ0v) is 21.4. The molecule has 192 valence electrons. The van der Waals surface area contributed by atoms with E-state index < -0.39 is 0 Å². The summed E-state index contributed by atoms with van der Waals surface area (Å²) in [7, 11) is 0. The number of aromatic nitrogens is 4. The predicted molar refractivity (Wildman–Crippen MR) is 147 cm³/mol. The van der Waals surface area contributed by atoms with Crippen LogP contribution < -0.4 is 20.8 Å². The number of hydrogen-bond donors (Lipinski definition) is 1. The topological polar surface area (TPSA) is 87.8 Å². The maximum absolute atomic E-state index is 13.0. The molecule has 1 aliphatic heterocycles. The zero-order chi connectivity index (χ0) is 25.8. The minimum atomic E-state index is -0.359. The number of anilines is 3. The van der Waals surface area contributed by atoms with Crippen LogP contribution in [0.5, 0.6) is 0 Å². The second-order valence-electron chi connectivity index (χ2n) is 9.49. The van der Waals surface area contributed by atoms with Gasteiger partial charge in [0.25, 0.3) is 0 Å². The fourth-order valence-corrected chi connectivity index (χ4v) is 4.81. The van der Waals surface area contributed by atoms with Crippen molar-refractivity contribution in [1.82, 2.24) is 19.2 Å². The summed E-state index contributed by atoms with van der Waals surface area (Å²) in [6.07, 6.45) is 6.53. The van der Waals surface area contributed by atoms with Gasteiger partial charge in [-0.2, -0.15) is 0 Å². The molecule has 1 saturated heterocycles. The first-order chi connectivity index (χ1) is 18.0. The van der Waals surface area contributed by atoms with Crippen molar-refractivity contribution in [2.75, 3.05) is 41.3 Å². The maximum Gasteiger partial charge on any atom is 0.350 e. The highest BCUT2D eigenvalue weighted by Crippen LogP contribution is 2.23. The molecule has 3 heterocycles. The first-order valence-corrected chi connectivity index (χ1v) is 12.9. The van der Waals surface area contributed by atoms with Crippen molar-refractivity contribution >= 4 is 28.7 Å². The van der Waals surface area contributed by atoms with Crippen molar-refractivity contribution < 1.29 is 4.79 Å². The Kier molecular flexibility index (Phi) is 7.20. The lowest BCUT2D eigenvalue weighted by Gasteiger charge is -2.37. The van der Waals surface area contributed by atoms with Gasteiger partial charge < -0.3 is 15.1 Å². The van der Waals surface area contributed by atoms with Crippen LogP contribution in [0.2, 0.25) is 0 Å². The van der Waals surface area contributed by atoms with Crippen molar-refractivity contribution in [1.29, 1.82) is 0 Å². The molecule has 0 atom stereocenters. The van der Waals surface area contributed by atoms with Crippen LogP contribution in [0.3, 0.4) is 0 Å². The molecule has 0 unspecified atom stereocenters. The maximum atomic E-state index is 13.0. The van der Waals surface area contributed by atoms with Crippen LogP contribution in [-0.2, 0) is 17.8 Å². The number of carbonyl (C=O) groups excluding carboxylic acids is 1. The Hall–Kier alpha value is -4.14. The standard InChI is InChI=1S/C28H33N7O2/c1-3-4-8-22-10-12-23(13-11-22)30-25(36)20-35-28(37)34-15-14-29-26(27(34)31-35)33-18-16-32(17-19-33)24-9-6-5-7-21(24)2/h5-7,9-15H,3-4,8,16-20H2,1-2H3,(H,30,36). The quantitative estimate of drug-likeness (QED) is 0.399. The minimum Gasteiger partial charge on any atom is -0.368 e. The summed E-state index contributed by atoms with van der Waals surface area (Å²) < 4.78 is 2.67. The monoisotopic (exact) mass is 499 g/mol. The number of rotatable bonds is 8.